The number of hydrogen-bond donors (Lipinski definition) is 0. The zero-order valence-corrected chi connectivity index (χ0v) is 12.2. The van der Waals surface area contributed by atoms with Crippen molar-refractivity contribution < 1.29 is 9.53 Å². The molecule has 1 aliphatic heterocycles. The second-order valence-electron chi connectivity index (χ2n) is 5.29. The molecule has 3 rings (SSSR count). The average Bonchev–Trinajstić information content (AvgIpc) is 2.87. The first kappa shape index (κ1) is 13.7. The smallest absolute Gasteiger partial charge is 0.302 e. The van der Waals surface area contributed by atoms with E-state index < -0.39 is 0 Å². The number of rotatable bonds is 4. The van der Waals surface area contributed by atoms with Crippen LogP contribution in [-0.2, 0) is 16.0 Å². The van der Waals surface area contributed by atoms with E-state index in [1.807, 2.05) is 6.07 Å². The lowest BCUT2D eigenvalue weighted by Gasteiger charge is -2.27. The second kappa shape index (κ2) is 6.00. The first-order valence-electron chi connectivity index (χ1n) is 7.28. The Balaban J connectivity index is 1.84. The Morgan fingerprint density at radius 2 is 1.86 bits per heavy atom. The van der Waals surface area contributed by atoms with E-state index in [0.29, 0.717) is 12.6 Å². The van der Waals surface area contributed by atoms with Crippen molar-refractivity contribution in [3.63, 3.8) is 0 Å². The number of carbonyl (C=O) groups excluding carboxylic acids is 1. The topological polar surface area (TPSA) is 29.5 Å². The number of anilines is 1. The van der Waals surface area contributed by atoms with Gasteiger partial charge in [0.1, 0.15) is 6.61 Å². The van der Waals surface area contributed by atoms with Gasteiger partial charge in [0.05, 0.1) is 12.6 Å². The average molecular weight is 281 g/mol. The molecule has 2 aromatic carbocycles. The third kappa shape index (κ3) is 2.92. The summed E-state index contributed by atoms with van der Waals surface area (Å²) in [6, 6.07) is 19.3. The highest BCUT2D eigenvalue weighted by molar-refractivity contribution is 5.66. The van der Waals surface area contributed by atoms with Gasteiger partial charge < -0.3 is 9.64 Å². The molecule has 1 heterocycles. The van der Waals surface area contributed by atoms with Crippen molar-refractivity contribution in [1.82, 2.24) is 0 Å². The van der Waals surface area contributed by atoms with Crippen molar-refractivity contribution in [3.05, 3.63) is 65.7 Å². The molecule has 1 atom stereocenters. The Bertz CT molecular complexity index is 624. The number of carbonyl (C=O) groups is 1. The van der Waals surface area contributed by atoms with Crippen molar-refractivity contribution in [3.8, 4) is 0 Å². The van der Waals surface area contributed by atoms with E-state index in [4.69, 9.17) is 4.74 Å². The van der Waals surface area contributed by atoms with Gasteiger partial charge >= 0.3 is 5.97 Å². The van der Waals surface area contributed by atoms with Crippen molar-refractivity contribution in [2.75, 3.05) is 18.1 Å². The Labute approximate surface area is 125 Å². The van der Waals surface area contributed by atoms with Crippen LogP contribution in [0.15, 0.2) is 54.6 Å². The van der Waals surface area contributed by atoms with Gasteiger partial charge in [-0.15, -0.1) is 0 Å². The summed E-state index contributed by atoms with van der Waals surface area (Å²) in [5.41, 5.74) is 3.91. The summed E-state index contributed by atoms with van der Waals surface area (Å²) in [5, 5.41) is 0. The summed E-state index contributed by atoms with van der Waals surface area (Å²) >= 11 is 0. The summed E-state index contributed by atoms with van der Waals surface area (Å²) in [6.45, 7) is 2.59. The number of nitrogens with zero attached hydrogens (tertiary/aromatic N) is 1. The zero-order valence-electron chi connectivity index (χ0n) is 12.2. The fourth-order valence-corrected chi connectivity index (χ4v) is 2.99. The van der Waals surface area contributed by atoms with Crippen LogP contribution >= 0.6 is 0 Å². The number of para-hydroxylation sites is 1. The first-order chi connectivity index (χ1) is 10.3. The van der Waals surface area contributed by atoms with Crippen LogP contribution < -0.4 is 4.90 Å². The lowest BCUT2D eigenvalue weighted by Crippen LogP contribution is -2.29. The van der Waals surface area contributed by atoms with Crippen LogP contribution in [0.2, 0.25) is 0 Å². The van der Waals surface area contributed by atoms with Gasteiger partial charge in [0, 0.05) is 12.6 Å². The quantitative estimate of drug-likeness (QED) is 0.805. The Morgan fingerprint density at radius 3 is 2.62 bits per heavy atom. The molecule has 0 aliphatic carbocycles. The molecule has 0 N–H and O–H groups in total. The second-order valence-corrected chi connectivity index (χ2v) is 5.29. The van der Waals surface area contributed by atoms with Crippen LogP contribution in [0.3, 0.4) is 0 Å². The molecule has 21 heavy (non-hydrogen) atoms. The number of hydrogen-bond acceptors (Lipinski definition) is 3. The van der Waals surface area contributed by atoms with Crippen molar-refractivity contribution in [2.45, 2.75) is 19.4 Å². The minimum atomic E-state index is -0.223. The van der Waals surface area contributed by atoms with Gasteiger partial charge in [-0.05, 0) is 23.6 Å². The van der Waals surface area contributed by atoms with Crippen molar-refractivity contribution in [1.29, 1.82) is 0 Å². The molecule has 108 valence electrons. The highest BCUT2D eigenvalue weighted by Crippen LogP contribution is 2.39. The van der Waals surface area contributed by atoms with Gasteiger partial charge in [-0.25, -0.2) is 0 Å². The molecule has 3 heteroatoms. The fraction of sp³-hybridized carbons (Fsp3) is 0.278. The number of fused-ring (bicyclic) bond motifs is 1. The maximum Gasteiger partial charge on any atom is 0.302 e. The number of esters is 1. The largest absolute Gasteiger partial charge is 0.464 e. The molecule has 0 aromatic heterocycles. The predicted molar refractivity (Wildman–Crippen MR) is 83.3 cm³/mol. The highest BCUT2D eigenvalue weighted by atomic mass is 16.5. The Kier molecular flexibility index (Phi) is 3.91. The molecule has 0 saturated heterocycles. The summed E-state index contributed by atoms with van der Waals surface area (Å²) in [5.74, 6) is -0.223. The third-order valence-corrected chi connectivity index (χ3v) is 3.91. The Morgan fingerprint density at radius 1 is 1.14 bits per heavy atom. The maximum atomic E-state index is 11.0. The number of benzene rings is 2. The van der Waals surface area contributed by atoms with Crippen LogP contribution in [0.25, 0.3) is 0 Å². The summed E-state index contributed by atoms with van der Waals surface area (Å²) < 4.78 is 5.12. The predicted octanol–water partition coefficient (Wildman–Crippen LogP) is 3.35. The van der Waals surface area contributed by atoms with Gasteiger partial charge in [0.15, 0.2) is 0 Å². The van der Waals surface area contributed by atoms with E-state index in [-0.39, 0.29) is 5.97 Å². The van der Waals surface area contributed by atoms with Gasteiger partial charge in [-0.1, -0.05) is 48.5 Å². The molecule has 0 saturated carbocycles. The summed E-state index contributed by atoms with van der Waals surface area (Å²) in [7, 11) is 0. The van der Waals surface area contributed by atoms with Crippen LogP contribution in [0, 0.1) is 0 Å². The van der Waals surface area contributed by atoms with E-state index in [0.717, 1.165) is 13.0 Å². The van der Waals surface area contributed by atoms with E-state index in [9.17, 15) is 4.79 Å². The molecule has 0 amide bonds. The molecule has 1 unspecified atom stereocenters. The normalized spacial score (nSPS) is 16.6. The monoisotopic (exact) mass is 281 g/mol. The molecule has 0 radical (unpaired) electrons. The van der Waals surface area contributed by atoms with Gasteiger partial charge in [0.2, 0.25) is 0 Å². The van der Waals surface area contributed by atoms with E-state index in [2.05, 4.69) is 53.4 Å². The number of ether oxygens (including phenoxy) is 1. The van der Waals surface area contributed by atoms with Gasteiger partial charge in [-0.2, -0.15) is 0 Å². The molecule has 0 bridgehead atoms. The van der Waals surface area contributed by atoms with Crippen LogP contribution in [0.5, 0.6) is 0 Å². The molecule has 0 spiro atoms. The maximum absolute atomic E-state index is 11.0. The Hall–Kier alpha value is -2.29. The SMILES string of the molecule is CC(=O)OCCN1c2ccccc2CC1c1ccccc1. The lowest BCUT2D eigenvalue weighted by molar-refractivity contribution is -0.140. The van der Waals surface area contributed by atoms with Crippen LogP contribution in [0.4, 0.5) is 5.69 Å². The van der Waals surface area contributed by atoms with E-state index in [1.54, 1.807) is 0 Å². The van der Waals surface area contributed by atoms with E-state index in [1.165, 1.54) is 23.7 Å². The van der Waals surface area contributed by atoms with Crippen LogP contribution in [-0.4, -0.2) is 19.1 Å². The lowest BCUT2D eigenvalue weighted by atomic mass is 10.0. The summed E-state index contributed by atoms with van der Waals surface area (Å²) in [6.07, 6.45) is 1.00. The third-order valence-electron chi connectivity index (χ3n) is 3.91. The minimum Gasteiger partial charge on any atom is -0.464 e. The molecule has 1 aliphatic rings. The molecule has 0 fully saturated rings. The standard InChI is InChI=1S/C18H19NO2/c1-14(20)21-12-11-19-17-10-6-5-9-16(17)13-18(19)15-7-3-2-4-8-15/h2-10,18H,11-13H2,1H3. The van der Waals surface area contributed by atoms with Gasteiger partial charge in [0.25, 0.3) is 0 Å². The molecular weight excluding hydrogens is 262 g/mol. The van der Waals surface area contributed by atoms with Crippen molar-refractivity contribution in [2.24, 2.45) is 0 Å². The van der Waals surface area contributed by atoms with Gasteiger partial charge in [-0.3, -0.25) is 4.79 Å². The molecule has 3 nitrogen and oxygen atoms in total. The zero-order chi connectivity index (χ0) is 14.7. The molecular formula is C18H19NO2. The fourth-order valence-electron chi connectivity index (χ4n) is 2.99. The van der Waals surface area contributed by atoms with Crippen LogP contribution in [0.1, 0.15) is 24.1 Å². The highest BCUT2D eigenvalue weighted by Gasteiger charge is 2.29. The molecule has 2 aromatic rings. The van der Waals surface area contributed by atoms with Crippen molar-refractivity contribution >= 4 is 11.7 Å². The van der Waals surface area contributed by atoms with E-state index >= 15 is 0 Å². The summed E-state index contributed by atoms with van der Waals surface area (Å²) in [4.78, 5) is 13.3. The minimum absolute atomic E-state index is 0.223. The first-order valence-corrected chi connectivity index (χ1v) is 7.28.